The molecule has 7 heteroatoms. The molecule has 5 rings (SSSR count). The zero-order valence-electron chi connectivity index (χ0n) is 17.3. The quantitative estimate of drug-likeness (QED) is 0.399. The second kappa shape index (κ2) is 8.47. The number of aryl methyl sites for hydroxylation is 1. The standard InChI is InChI=1S/C24H22N7/c1-2-3-10-22-26-21-9-6-15-25-24(21)31(22)16-17-11-13-18(14-12-17)19-7-4-5-8-20(19)23-27-29-30-28-23/h4-9,11-15H,2-3,10,16H2,1H3/q-1. The summed E-state index contributed by atoms with van der Waals surface area (Å²) in [6, 6.07) is 20.6. The van der Waals surface area contributed by atoms with Crippen molar-refractivity contribution in [2.75, 3.05) is 0 Å². The van der Waals surface area contributed by atoms with Crippen LogP contribution in [0.2, 0.25) is 0 Å². The highest BCUT2D eigenvalue weighted by Crippen LogP contribution is 2.29. The first-order valence-electron chi connectivity index (χ1n) is 10.5. The monoisotopic (exact) mass is 408 g/mol. The molecule has 0 aliphatic rings. The molecular formula is C24H22N7-. The summed E-state index contributed by atoms with van der Waals surface area (Å²) in [4.78, 5) is 9.41. The molecule has 0 amide bonds. The van der Waals surface area contributed by atoms with E-state index >= 15 is 0 Å². The van der Waals surface area contributed by atoms with E-state index in [0.29, 0.717) is 5.82 Å². The predicted octanol–water partition coefficient (Wildman–Crippen LogP) is 4.30. The van der Waals surface area contributed by atoms with Gasteiger partial charge >= 0.3 is 0 Å². The lowest BCUT2D eigenvalue weighted by molar-refractivity contribution is 0.686. The highest BCUT2D eigenvalue weighted by atomic mass is 15.5. The molecule has 0 bridgehead atoms. The molecule has 154 valence electrons. The number of benzene rings is 2. The maximum Gasteiger partial charge on any atom is 0.160 e. The van der Waals surface area contributed by atoms with Gasteiger partial charge in [0, 0.05) is 18.4 Å². The first-order valence-corrected chi connectivity index (χ1v) is 10.5. The summed E-state index contributed by atoms with van der Waals surface area (Å²) in [7, 11) is 0. The maximum absolute atomic E-state index is 4.83. The van der Waals surface area contributed by atoms with Crippen molar-refractivity contribution < 1.29 is 0 Å². The summed E-state index contributed by atoms with van der Waals surface area (Å²) in [6.45, 7) is 2.95. The van der Waals surface area contributed by atoms with Crippen LogP contribution in [-0.2, 0) is 13.0 Å². The number of pyridine rings is 1. The SMILES string of the molecule is CCCCc1nc2cccnc2n1Cc1ccc(-c2ccccc2-c2nnn[n-]2)cc1. The lowest BCUT2D eigenvalue weighted by Gasteiger charge is -2.12. The van der Waals surface area contributed by atoms with Crippen LogP contribution in [0.25, 0.3) is 33.7 Å². The van der Waals surface area contributed by atoms with Gasteiger partial charge in [0.1, 0.15) is 11.3 Å². The van der Waals surface area contributed by atoms with Crippen LogP contribution in [0.1, 0.15) is 31.2 Å². The van der Waals surface area contributed by atoms with E-state index in [1.165, 1.54) is 5.56 Å². The normalized spacial score (nSPS) is 11.3. The molecule has 7 nitrogen and oxygen atoms in total. The van der Waals surface area contributed by atoms with Crippen molar-refractivity contribution in [3.8, 4) is 22.5 Å². The van der Waals surface area contributed by atoms with E-state index in [2.05, 4.69) is 67.4 Å². The third-order valence-electron chi connectivity index (χ3n) is 5.43. The molecule has 2 aromatic carbocycles. The Labute approximate surface area is 180 Å². The fraction of sp³-hybridized carbons (Fsp3) is 0.208. The minimum Gasteiger partial charge on any atom is -0.330 e. The molecule has 5 aromatic rings. The molecule has 0 fully saturated rings. The molecule has 0 radical (unpaired) electrons. The van der Waals surface area contributed by atoms with Crippen LogP contribution < -0.4 is 5.10 Å². The Hall–Kier alpha value is -3.87. The minimum absolute atomic E-state index is 0.538. The molecule has 0 saturated carbocycles. The van der Waals surface area contributed by atoms with E-state index in [1.807, 2.05) is 36.5 Å². The van der Waals surface area contributed by atoms with Gasteiger partial charge in [-0.2, -0.15) is 5.21 Å². The predicted molar refractivity (Wildman–Crippen MR) is 119 cm³/mol. The van der Waals surface area contributed by atoms with Gasteiger partial charge in [-0.1, -0.05) is 61.9 Å². The summed E-state index contributed by atoms with van der Waals surface area (Å²) in [5, 5.41) is 15.3. The van der Waals surface area contributed by atoms with Gasteiger partial charge in [-0.05, 0) is 40.8 Å². The average molecular weight is 408 g/mol. The third-order valence-corrected chi connectivity index (χ3v) is 5.43. The van der Waals surface area contributed by atoms with Crippen LogP contribution in [0, 0.1) is 0 Å². The first-order chi connectivity index (χ1) is 15.3. The molecule has 0 N–H and O–H groups in total. The Morgan fingerprint density at radius 2 is 1.77 bits per heavy atom. The summed E-state index contributed by atoms with van der Waals surface area (Å²) in [5.74, 6) is 1.63. The van der Waals surface area contributed by atoms with Crippen molar-refractivity contribution in [3.63, 3.8) is 0 Å². The fourth-order valence-electron chi connectivity index (χ4n) is 3.85. The van der Waals surface area contributed by atoms with Crippen LogP contribution in [0.5, 0.6) is 0 Å². The number of tetrazole rings is 1. The number of imidazole rings is 1. The molecule has 0 atom stereocenters. The number of rotatable bonds is 7. The Kier molecular flexibility index (Phi) is 5.22. The molecule has 0 unspecified atom stereocenters. The molecule has 0 aliphatic heterocycles. The van der Waals surface area contributed by atoms with Crippen molar-refractivity contribution in [1.29, 1.82) is 0 Å². The summed E-state index contributed by atoms with van der Waals surface area (Å²) < 4.78 is 2.24. The molecule has 0 saturated heterocycles. The smallest absolute Gasteiger partial charge is 0.160 e. The second-order valence-corrected chi connectivity index (χ2v) is 7.51. The van der Waals surface area contributed by atoms with E-state index in [1.54, 1.807) is 0 Å². The zero-order chi connectivity index (χ0) is 21.0. The van der Waals surface area contributed by atoms with Gasteiger partial charge in [-0.3, -0.25) is 10.3 Å². The number of hydrogen-bond acceptors (Lipinski definition) is 5. The van der Waals surface area contributed by atoms with Gasteiger partial charge in [0.2, 0.25) is 0 Å². The van der Waals surface area contributed by atoms with Crippen molar-refractivity contribution in [1.82, 2.24) is 35.2 Å². The van der Waals surface area contributed by atoms with Gasteiger partial charge < -0.3 is 9.67 Å². The molecular weight excluding hydrogens is 386 g/mol. The number of hydrogen-bond donors (Lipinski definition) is 0. The Bertz CT molecular complexity index is 1290. The van der Waals surface area contributed by atoms with E-state index in [4.69, 9.17) is 4.98 Å². The lowest BCUT2D eigenvalue weighted by Crippen LogP contribution is -2.06. The van der Waals surface area contributed by atoms with Crippen LogP contribution in [-0.4, -0.2) is 30.1 Å². The largest absolute Gasteiger partial charge is 0.330 e. The van der Waals surface area contributed by atoms with Crippen molar-refractivity contribution >= 4 is 11.2 Å². The van der Waals surface area contributed by atoms with Crippen molar-refractivity contribution in [3.05, 3.63) is 78.2 Å². The van der Waals surface area contributed by atoms with Gasteiger partial charge in [-0.15, -0.1) is 0 Å². The van der Waals surface area contributed by atoms with Gasteiger partial charge in [0.05, 0.1) is 6.54 Å². The molecule has 0 spiro atoms. The van der Waals surface area contributed by atoms with Crippen LogP contribution >= 0.6 is 0 Å². The Morgan fingerprint density at radius 3 is 2.55 bits per heavy atom. The number of aromatic nitrogens is 7. The molecule has 3 heterocycles. The van der Waals surface area contributed by atoms with Gasteiger partial charge in [-0.25, -0.2) is 9.97 Å². The fourth-order valence-corrected chi connectivity index (χ4v) is 3.85. The van der Waals surface area contributed by atoms with Crippen molar-refractivity contribution in [2.45, 2.75) is 32.7 Å². The zero-order valence-corrected chi connectivity index (χ0v) is 17.3. The highest BCUT2D eigenvalue weighted by molar-refractivity contribution is 5.80. The number of fused-ring (bicyclic) bond motifs is 1. The number of unbranched alkanes of at least 4 members (excludes halogenated alkanes) is 1. The maximum atomic E-state index is 4.83. The van der Waals surface area contributed by atoms with Crippen molar-refractivity contribution in [2.24, 2.45) is 0 Å². The average Bonchev–Trinajstić information content (AvgIpc) is 3.47. The summed E-state index contributed by atoms with van der Waals surface area (Å²) >= 11 is 0. The Balaban J connectivity index is 1.46. The Morgan fingerprint density at radius 1 is 0.935 bits per heavy atom. The van der Waals surface area contributed by atoms with Crippen LogP contribution in [0.4, 0.5) is 0 Å². The van der Waals surface area contributed by atoms with E-state index < -0.39 is 0 Å². The lowest BCUT2D eigenvalue weighted by atomic mass is 9.98. The van der Waals surface area contributed by atoms with Crippen LogP contribution in [0.15, 0.2) is 66.9 Å². The van der Waals surface area contributed by atoms with Crippen LogP contribution in [0.3, 0.4) is 0 Å². The molecule has 3 aromatic heterocycles. The highest BCUT2D eigenvalue weighted by Gasteiger charge is 2.12. The third kappa shape index (κ3) is 3.82. The topological polar surface area (TPSA) is 83.5 Å². The summed E-state index contributed by atoms with van der Waals surface area (Å²) in [5.41, 5.74) is 6.18. The van der Waals surface area contributed by atoms with Gasteiger partial charge in [0.25, 0.3) is 0 Å². The molecule has 0 aliphatic carbocycles. The number of nitrogens with zero attached hydrogens (tertiary/aromatic N) is 7. The minimum atomic E-state index is 0.538. The summed E-state index contributed by atoms with van der Waals surface area (Å²) in [6.07, 6.45) is 5.05. The van der Waals surface area contributed by atoms with E-state index in [9.17, 15) is 0 Å². The second-order valence-electron chi connectivity index (χ2n) is 7.51. The first kappa shape index (κ1) is 19.1. The van der Waals surface area contributed by atoms with E-state index in [-0.39, 0.29) is 0 Å². The van der Waals surface area contributed by atoms with E-state index in [0.717, 1.165) is 59.5 Å². The molecule has 31 heavy (non-hydrogen) atoms. The van der Waals surface area contributed by atoms with Gasteiger partial charge in [0.15, 0.2) is 5.65 Å².